The smallest absolute Gasteiger partial charge is 0.0895 e. The molecule has 0 atom stereocenters. The molecule has 0 rings (SSSR count). The number of hydrogen-bond donors (Lipinski definition) is 1. The molecular weight excluding hydrogens is 83.0 g/mol. The molecule has 0 heterocycles. The van der Waals surface area contributed by atoms with E-state index < -0.39 is 0 Å². The Labute approximate surface area is 36.8 Å². The lowest BCUT2D eigenvalue weighted by molar-refractivity contribution is 0.276. The standard InChI is InChI=1S/C4H9FO/c5-3-1-2-4-6/h6H,1-4H2. The van der Waals surface area contributed by atoms with Crippen LogP contribution in [0.1, 0.15) is 12.8 Å². The van der Waals surface area contributed by atoms with Crippen molar-refractivity contribution in [3.05, 3.63) is 0 Å². The molecule has 0 radical (unpaired) electrons. The predicted octanol–water partition coefficient (Wildman–Crippen LogP) is 0.728. The van der Waals surface area contributed by atoms with E-state index in [-0.39, 0.29) is 13.3 Å². The van der Waals surface area contributed by atoms with Gasteiger partial charge in [-0.1, -0.05) is 0 Å². The normalized spacial score (nSPS) is 9.00. The molecule has 0 aliphatic rings. The maximum Gasteiger partial charge on any atom is 0.0895 e. The number of rotatable bonds is 3. The zero-order valence-corrected chi connectivity index (χ0v) is 3.65. The molecule has 6 heavy (non-hydrogen) atoms. The van der Waals surface area contributed by atoms with E-state index >= 15 is 0 Å². The number of alkyl halides is 1. The van der Waals surface area contributed by atoms with Gasteiger partial charge in [-0.25, -0.2) is 0 Å². The summed E-state index contributed by atoms with van der Waals surface area (Å²) in [5.74, 6) is 0. The molecule has 0 aromatic heterocycles. The first kappa shape index (κ1) is 5.89. The van der Waals surface area contributed by atoms with Gasteiger partial charge in [0.25, 0.3) is 0 Å². The van der Waals surface area contributed by atoms with E-state index in [9.17, 15) is 4.39 Å². The average molecular weight is 92.1 g/mol. The van der Waals surface area contributed by atoms with Crippen molar-refractivity contribution < 1.29 is 9.50 Å². The van der Waals surface area contributed by atoms with Gasteiger partial charge in [0.1, 0.15) is 0 Å². The van der Waals surface area contributed by atoms with Crippen LogP contribution in [0.4, 0.5) is 4.39 Å². The van der Waals surface area contributed by atoms with Crippen LogP contribution in [0, 0.1) is 0 Å². The molecule has 0 saturated carbocycles. The van der Waals surface area contributed by atoms with Gasteiger partial charge >= 0.3 is 0 Å². The molecule has 0 bridgehead atoms. The van der Waals surface area contributed by atoms with Crippen molar-refractivity contribution in [2.75, 3.05) is 13.3 Å². The minimum absolute atomic E-state index is 0.115. The van der Waals surface area contributed by atoms with Crippen molar-refractivity contribution in [3.63, 3.8) is 0 Å². The van der Waals surface area contributed by atoms with E-state index in [1.54, 1.807) is 0 Å². The summed E-state index contributed by atoms with van der Waals surface area (Å²) in [5, 5.41) is 8.03. The summed E-state index contributed by atoms with van der Waals surface area (Å²) in [6, 6.07) is 0. The van der Waals surface area contributed by atoms with Crippen molar-refractivity contribution >= 4 is 0 Å². The van der Waals surface area contributed by atoms with Crippen LogP contribution in [-0.2, 0) is 0 Å². The van der Waals surface area contributed by atoms with Crippen molar-refractivity contribution in [2.45, 2.75) is 12.8 Å². The summed E-state index contributed by atoms with van der Waals surface area (Å²) in [7, 11) is 0. The van der Waals surface area contributed by atoms with E-state index in [0.29, 0.717) is 12.8 Å². The van der Waals surface area contributed by atoms with Crippen LogP contribution in [0.2, 0.25) is 0 Å². The molecule has 0 spiro atoms. The number of halogens is 1. The zero-order valence-electron chi connectivity index (χ0n) is 3.65. The molecule has 2 heteroatoms. The monoisotopic (exact) mass is 92.1 g/mol. The quantitative estimate of drug-likeness (QED) is 0.509. The van der Waals surface area contributed by atoms with Gasteiger partial charge in [-0.3, -0.25) is 4.39 Å². The van der Waals surface area contributed by atoms with Crippen LogP contribution in [0.15, 0.2) is 0 Å². The third kappa shape index (κ3) is 3.89. The Morgan fingerprint density at radius 1 is 1.33 bits per heavy atom. The Balaban J connectivity index is 2.34. The van der Waals surface area contributed by atoms with Gasteiger partial charge in [0.15, 0.2) is 0 Å². The summed E-state index contributed by atoms with van der Waals surface area (Å²) in [4.78, 5) is 0. The number of hydrogen-bond acceptors (Lipinski definition) is 1. The molecule has 1 N–H and O–H groups in total. The van der Waals surface area contributed by atoms with Crippen molar-refractivity contribution in [1.29, 1.82) is 0 Å². The minimum Gasteiger partial charge on any atom is -0.396 e. The van der Waals surface area contributed by atoms with Crippen molar-refractivity contribution in [2.24, 2.45) is 0 Å². The molecule has 0 amide bonds. The SMILES string of the molecule is OCCCCF. The van der Waals surface area contributed by atoms with E-state index in [1.807, 2.05) is 0 Å². The fraction of sp³-hybridized carbons (Fsp3) is 1.00. The highest BCUT2D eigenvalue weighted by Crippen LogP contribution is 1.84. The minimum atomic E-state index is -0.305. The highest BCUT2D eigenvalue weighted by atomic mass is 19.1. The largest absolute Gasteiger partial charge is 0.396 e. The third-order valence-corrected chi connectivity index (χ3v) is 0.542. The Kier molecular flexibility index (Phi) is 4.80. The van der Waals surface area contributed by atoms with Gasteiger partial charge in [0.05, 0.1) is 6.67 Å². The molecule has 0 aliphatic heterocycles. The number of unbranched alkanes of at least 4 members (excludes halogenated alkanes) is 1. The van der Waals surface area contributed by atoms with Gasteiger partial charge in [0.2, 0.25) is 0 Å². The predicted molar refractivity (Wildman–Crippen MR) is 22.3 cm³/mol. The van der Waals surface area contributed by atoms with Gasteiger partial charge in [-0.05, 0) is 12.8 Å². The summed E-state index contributed by atoms with van der Waals surface area (Å²) in [6.07, 6.45) is 1.09. The van der Waals surface area contributed by atoms with Crippen molar-refractivity contribution in [1.82, 2.24) is 0 Å². The van der Waals surface area contributed by atoms with E-state index in [2.05, 4.69) is 0 Å². The summed E-state index contributed by atoms with van der Waals surface area (Å²) < 4.78 is 11.1. The Bertz CT molecular complexity index is 19.5. The van der Waals surface area contributed by atoms with Crippen LogP contribution < -0.4 is 0 Å². The Morgan fingerprint density at radius 2 is 2.00 bits per heavy atom. The van der Waals surface area contributed by atoms with Gasteiger partial charge < -0.3 is 5.11 Å². The lowest BCUT2D eigenvalue weighted by Gasteiger charge is -1.83. The van der Waals surface area contributed by atoms with Crippen LogP contribution in [0.25, 0.3) is 0 Å². The van der Waals surface area contributed by atoms with E-state index in [1.165, 1.54) is 0 Å². The molecule has 1 nitrogen and oxygen atoms in total. The molecule has 0 saturated heterocycles. The van der Waals surface area contributed by atoms with Gasteiger partial charge in [0, 0.05) is 6.61 Å². The second-order valence-corrected chi connectivity index (χ2v) is 1.12. The second-order valence-electron chi connectivity index (χ2n) is 1.12. The van der Waals surface area contributed by atoms with E-state index in [4.69, 9.17) is 5.11 Å². The number of aliphatic hydroxyl groups is 1. The molecule has 0 fully saturated rings. The molecule has 0 unspecified atom stereocenters. The zero-order chi connectivity index (χ0) is 4.83. The average Bonchev–Trinajstić information content (AvgIpc) is 1.61. The maximum absolute atomic E-state index is 11.1. The molecule has 0 aromatic carbocycles. The van der Waals surface area contributed by atoms with Gasteiger partial charge in [-0.15, -0.1) is 0 Å². The van der Waals surface area contributed by atoms with Crippen LogP contribution in [-0.4, -0.2) is 18.4 Å². The molecule has 0 aromatic rings. The maximum atomic E-state index is 11.1. The van der Waals surface area contributed by atoms with Crippen LogP contribution >= 0.6 is 0 Å². The van der Waals surface area contributed by atoms with Crippen LogP contribution in [0.3, 0.4) is 0 Å². The van der Waals surface area contributed by atoms with Crippen LogP contribution in [0.5, 0.6) is 0 Å². The highest BCUT2D eigenvalue weighted by molar-refractivity contribution is 4.31. The third-order valence-electron chi connectivity index (χ3n) is 0.542. The van der Waals surface area contributed by atoms with E-state index in [0.717, 1.165) is 0 Å². The lowest BCUT2D eigenvalue weighted by Crippen LogP contribution is -1.81. The summed E-state index contributed by atoms with van der Waals surface area (Å²) >= 11 is 0. The second kappa shape index (κ2) is 4.89. The fourth-order valence-electron chi connectivity index (χ4n) is 0.206. The molecular formula is C4H9FO. The topological polar surface area (TPSA) is 20.2 Å². The first-order valence-electron chi connectivity index (χ1n) is 2.08. The Morgan fingerprint density at radius 3 is 2.17 bits per heavy atom. The lowest BCUT2D eigenvalue weighted by atomic mass is 10.4. The highest BCUT2D eigenvalue weighted by Gasteiger charge is 1.78. The first-order valence-corrected chi connectivity index (χ1v) is 2.08. The molecule has 0 aliphatic carbocycles. The Hall–Kier alpha value is -0.110. The summed E-state index contributed by atoms with van der Waals surface area (Å²) in [5.41, 5.74) is 0. The molecule has 38 valence electrons. The number of aliphatic hydroxyl groups excluding tert-OH is 1. The first-order chi connectivity index (χ1) is 2.91. The van der Waals surface area contributed by atoms with Crippen molar-refractivity contribution in [3.8, 4) is 0 Å². The summed E-state index contributed by atoms with van der Waals surface area (Å²) in [6.45, 7) is -0.190. The fourth-order valence-corrected chi connectivity index (χ4v) is 0.206. The van der Waals surface area contributed by atoms with Gasteiger partial charge in [-0.2, -0.15) is 0 Å².